The van der Waals surface area contributed by atoms with Crippen molar-refractivity contribution in [3.8, 4) is 0 Å². The van der Waals surface area contributed by atoms with Crippen LogP contribution in [-0.2, 0) is 11.2 Å². The maximum absolute atomic E-state index is 13.6. The van der Waals surface area contributed by atoms with E-state index in [1.165, 1.54) is 19.3 Å². The van der Waals surface area contributed by atoms with Crippen LogP contribution in [0.25, 0.3) is 0 Å². The van der Waals surface area contributed by atoms with Crippen LogP contribution >= 0.6 is 0 Å². The molecule has 0 spiro atoms. The third kappa shape index (κ3) is 2.92. The number of nitrogens with zero attached hydrogens (tertiary/aromatic N) is 1. The van der Waals surface area contributed by atoms with Gasteiger partial charge in [0.1, 0.15) is 5.78 Å². The fraction of sp³-hybridized carbons (Fsp3) is 0.625. The Kier molecular flexibility index (Phi) is 3.88. The first kappa shape index (κ1) is 18.1. The molecule has 0 unspecified atom stereocenters. The standard InChI is InChI=1S/C24H29NO3/c1-23(2)13-18-8-17(22(27)28)3-4-19(18)20(25-23)9-21(26)24-10-14-5-15(11-24)7-16(6-14)12-24/h3-4,8,14-16H,5-7,9-13H2,1-2H3,(H,27,28). The summed E-state index contributed by atoms with van der Waals surface area (Å²) in [6, 6.07) is 5.27. The average Bonchev–Trinajstić information content (AvgIpc) is 2.59. The van der Waals surface area contributed by atoms with Gasteiger partial charge in [-0.25, -0.2) is 4.79 Å². The highest BCUT2D eigenvalue weighted by Gasteiger charge is 2.54. The number of carboxylic acids is 1. The molecular formula is C24H29NO3. The van der Waals surface area contributed by atoms with Gasteiger partial charge in [0.15, 0.2) is 0 Å². The zero-order valence-corrected chi connectivity index (χ0v) is 16.8. The van der Waals surface area contributed by atoms with E-state index in [-0.39, 0.29) is 11.0 Å². The fourth-order valence-electron chi connectivity index (χ4n) is 7.01. The molecule has 1 heterocycles. The van der Waals surface area contributed by atoms with Gasteiger partial charge < -0.3 is 5.11 Å². The zero-order valence-electron chi connectivity index (χ0n) is 16.8. The Morgan fingerprint density at radius 2 is 1.68 bits per heavy atom. The zero-order chi connectivity index (χ0) is 19.7. The van der Waals surface area contributed by atoms with Crippen LogP contribution in [0.15, 0.2) is 23.2 Å². The van der Waals surface area contributed by atoms with Gasteiger partial charge in [0.05, 0.1) is 16.8 Å². The number of hydrogen-bond donors (Lipinski definition) is 1. The van der Waals surface area contributed by atoms with Gasteiger partial charge in [0.25, 0.3) is 0 Å². The van der Waals surface area contributed by atoms with Gasteiger partial charge in [-0.1, -0.05) is 6.07 Å². The minimum Gasteiger partial charge on any atom is -0.478 e. The van der Waals surface area contributed by atoms with E-state index < -0.39 is 5.97 Å². The van der Waals surface area contributed by atoms with Crippen molar-refractivity contribution in [2.75, 3.05) is 0 Å². The van der Waals surface area contributed by atoms with Gasteiger partial charge in [0, 0.05) is 11.8 Å². The van der Waals surface area contributed by atoms with Crippen molar-refractivity contribution in [2.24, 2.45) is 28.2 Å². The lowest BCUT2D eigenvalue weighted by Gasteiger charge is -2.56. The first-order chi connectivity index (χ1) is 13.2. The molecule has 5 aliphatic rings. The van der Waals surface area contributed by atoms with E-state index in [1.54, 1.807) is 12.1 Å². The number of carboxylic acid groups (broad SMARTS) is 1. The second kappa shape index (κ2) is 6.01. The second-order valence-corrected chi connectivity index (χ2v) is 10.5. The van der Waals surface area contributed by atoms with Crippen LogP contribution in [-0.4, -0.2) is 28.1 Å². The molecular weight excluding hydrogens is 350 g/mol. The summed E-state index contributed by atoms with van der Waals surface area (Å²) < 4.78 is 0. The van der Waals surface area contributed by atoms with Gasteiger partial charge in [-0.15, -0.1) is 0 Å². The molecule has 4 bridgehead atoms. The summed E-state index contributed by atoms with van der Waals surface area (Å²) in [6.07, 6.45) is 8.36. The largest absolute Gasteiger partial charge is 0.478 e. The molecule has 0 saturated heterocycles. The summed E-state index contributed by atoms with van der Waals surface area (Å²) in [5.41, 5.74) is 2.74. The predicted molar refractivity (Wildman–Crippen MR) is 108 cm³/mol. The molecule has 1 aromatic carbocycles. The number of fused-ring (bicyclic) bond motifs is 1. The molecule has 0 radical (unpaired) electrons. The van der Waals surface area contributed by atoms with Gasteiger partial charge in [-0.3, -0.25) is 9.79 Å². The monoisotopic (exact) mass is 379 g/mol. The highest BCUT2D eigenvalue weighted by atomic mass is 16.4. The van der Waals surface area contributed by atoms with Crippen LogP contribution in [0.5, 0.6) is 0 Å². The maximum Gasteiger partial charge on any atom is 0.335 e. The number of Topliss-reactive ketones (excluding diaryl/α,β-unsaturated/α-hetero) is 1. The Hall–Kier alpha value is -1.97. The third-order valence-electron chi connectivity index (χ3n) is 7.68. The first-order valence-electron chi connectivity index (χ1n) is 10.7. The molecule has 148 valence electrons. The van der Waals surface area contributed by atoms with E-state index in [2.05, 4.69) is 13.8 Å². The Morgan fingerprint density at radius 1 is 1.07 bits per heavy atom. The van der Waals surface area contributed by atoms with Gasteiger partial charge >= 0.3 is 5.97 Å². The summed E-state index contributed by atoms with van der Waals surface area (Å²) in [7, 11) is 0. The van der Waals surface area contributed by atoms with E-state index >= 15 is 0 Å². The number of aliphatic imine (C=N–C) groups is 1. The smallest absolute Gasteiger partial charge is 0.335 e. The SMILES string of the molecule is CC1(C)Cc2cc(C(=O)O)ccc2C(CC(=O)C23CC4CC(CC(C4)C2)C3)=N1. The highest BCUT2D eigenvalue weighted by Crippen LogP contribution is 2.60. The Bertz CT molecular complexity index is 860. The molecule has 4 heteroatoms. The van der Waals surface area contributed by atoms with Crippen molar-refractivity contribution < 1.29 is 14.7 Å². The average molecular weight is 380 g/mol. The Labute approximate surface area is 166 Å². The van der Waals surface area contributed by atoms with Crippen LogP contribution in [0.4, 0.5) is 0 Å². The van der Waals surface area contributed by atoms with Crippen LogP contribution in [0, 0.1) is 23.2 Å². The highest BCUT2D eigenvalue weighted by molar-refractivity contribution is 6.14. The van der Waals surface area contributed by atoms with Gasteiger partial charge in [-0.05, 0) is 99.8 Å². The van der Waals surface area contributed by atoms with E-state index in [1.807, 2.05) is 6.07 Å². The van der Waals surface area contributed by atoms with E-state index in [9.17, 15) is 14.7 Å². The van der Waals surface area contributed by atoms with Crippen molar-refractivity contribution in [1.29, 1.82) is 0 Å². The third-order valence-corrected chi connectivity index (χ3v) is 7.68. The van der Waals surface area contributed by atoms with Gasteiger partial charge in [0.2, 0.25) is 0 Å². The number of ketones is 1. The van der Waals surface area contributed by atoms with Crippen LogP contribution < -0.4 is 0 Å². The lowest BCUT2D eigenvalue weighted by molar-refractivity contribution is -0.142. The number of carbonyl (C=O) groups is 2. The maximum atomic E-state index is 13.6. The normalized spacial score (nSPS) is 34.6. The van der Waals surface area contributed by atoms with Crippen molar-refractivity contribution in [3.05, 3.63) is 34.9 Å². The summed E-state index contributed by atoms with van der Waals surface area (Å²) in [6.45, 7) is 4.14. The molecule has 4 nitrogen and oxygen atoms in total. The topological polar surface area (TPSA) is 66.7 Å². The lowest BCUT2D eigenvalue weighted by Crippen LogP contribution is -2.50. The van der Waals surface area contributed by atoms with Crippen LogP contribution in [0.3, 0.4) is 0 Å². The molecule has 1 aromatic rings. The number of rotatable bonds is 4. The number of carbonyl (C=O) groups excluding carboxylic acids is 1. The minimum absolute atomic E-state index is 0.111. The molecule has 1 aliphatic heterocycles. The van der Waals surface area contributed by atoms with Crippen LogP contribution in [0.2, 0.25) is 0 Å². The van der Waals surface area contributed by atoms with Crippen molar-refractivity contribution in [2.45, 2.75) is 70.8 Å². The van der Waals surface area contributed by atoms with E-state index in [0.717, 1.165) is 53.9 Å². The lowest BCUT2D eigenvalue weighted by atomic mass is 9.48. The first-order valence-corrected chi connectivity index (χ1v) is 10.7. The number of benzene rings is 1. The summed E-state index contributed by atoms with van der Waals surface area (Å²) >= 11 is 0. The molecule has 0 amide bonds. The molecule has 6 rings (SSSR count). The molecule has 4 aliphatic carbocycles. The fourth-order valence-corrected chi connectivity index (χ4v) is 7.01. The van der Waals surface area contributed by atoms with Crippen molar-refractivity contribution in [1.82, 2.24) is 0 Å². The minimum atomic E-state index is -0.908. The summed E-state index contributed by atoms with van der Waals surface area (Å²) in [4.78, 5) is 29.9. The number of hydrogen-bond acceptors (Lipinski definition) is 3. The molecule has 0 atom stereocenters. The summed E-state index contributed by atoms with van der Waals surface area (Å²) in [5, 5.41) is 9.34. The van der Waals surface area contributed by atoms with E-state index in [4.69, 9.17) is 4.99 Å². The van der Waals surface area contributed by atoms with E-state index in [0.29, 0.717) is 24.2 Å². The molecule has 0 aromatic heterocycles. The van der Waals surface area contributed by atoms with Crippen LogP contribution in [0.1, 0.15) is 80.3 Å². The van der Waals surface area contributed by atoms with Crippen molar-refractivity contribution in [3.63, 3.8) is 0 Å². The van der Waals surface area contributed by atoms with Gasteiger partial charge in [-0.2, -0.15) is 0 Å². The van der Waals surface area contributed by atoms with Crippen molar-refractivity contribution >= 4 is 17.5 Å². The second-order valence-electron chi connectivity index (χ2n) is 10.5. The molecule has 28 heavy (non-hydrogen) atoms. The Balaban J connectivity index is 1.45. The quantitative estimate of drug-likeness (QED) is 0.826. The molecule has 1 N–H and O–H groups in total. The number of aromatic carboxylic acids is 1. The summed E-state index contributed by atoms with van der Waals surface area (Å²) in [5.74, 6) is 1.74. The predicted octanol–water partition coefficient (Wildman–Crippen LogP) is 4.68. The Morgan fingerprint density at radius 3 is 2.25 bits per heavy atom. The molecule has 4 fully saturated rings. The molecule has 4 saturated carbocycles.